The van der Waals surface area contributed by atoms with E-state index in [1.807, 2.05) is 18.2 Å². The van der Waals surface area contributed by atoms with E-state index < -0.39 is 0 Å². The van der Waals surface area contributed by atoms with Crippen molar-refractivity contribution in [2.45, 2.75) is 17.4 Å². The average Bonchev–Trinajstić information content (AvgIpc) is 3.38. The van der Waals surface area contributed by atoms with Crippen molar-refractivity contribution in [3.8, 4) is 11.5 Å². The minimum atomic E-state index is -0.154. The summed E-state index contributed by atoms with van der Waals surface area (Å²) in [6, 6.07) is 12.8. The molecule has 2 aromatic rings. The Morgan fingerprint density at radius 3 is 2.86 bits per heavy atom. The standard InChI is InChI=1S/C20H21N3O4S/c24-19(22-13-5-6-16-17(9-13)27-12-26-16)11-28-18-4-2-1-3-15(18)20(25)23-14-7-8-21-10-14/h1-6,9,14,21H,7-8,10-12H2,(H,22,24)(H,23,25). The first-order valence-corrected chi connectivity index (χ1v) is 10.1. The summed E-state index contributed by atoms with van der Waals surface area (Å²) in [5.74, 6) is 1.23. The summed E-state index contributed by atoms with van der Waals surface area (Å²) in [5.41, 5.74) is 1.24. The van der Waals surface area contributed by atoms with Gasteiger partial charge in [0.05, 0.1) is 11.3 Å². The third-order valence-electron chi connectivity index (χ3n) is 4.54. The van der Waals surface area contributed by atoms with Crippen LogP contribution in [-0.4, -0.2) is 43.5 Å². The molecule has 0 bridgehead atoms. The first kappa shape index (κ1) is 18.6. The highest BCUT2D eigenvalue weighted by Gasteiger charge is 2.20. The molecule has 2 aliphatic heterocycles. The Hall–Kier alpha value is -2.71. The van der Waals surface area contributed by atoms with Crippen LogP contribution >= 0.6 is 11.8 Å². The van der Waals surface area contributed by atoms with E-state index in [2.05, 4.69) is 16.0 Å². The summed E-state index contributed by atoms with van der Waals surface area (Å²) in [7, 11) is 0. The van der Waals surface area contributed by atoms with Crippen molar-refractivity contribution < 1.29 is 19.1 Å². The fraction of sp³-hybridized carbons (Fsp3) is 0.300. The smallest absolute Gasteiger partial charge is 0.252 e. The Labute approximate surface area is 167 Å². The van der Waals surface area contributed by atoms with Crippen LogP contribution in [0.15, 0.2) is 47.4 Å². The van der Waals surface area contributed by atoms with Gasteiger partial charge >= 0.3 is 0 Å². The number of hydrogen-bond acceptors (Lipinski definition) is 6. The highest BCUT2D eigenvalue weighted by atomic mass is 32.2. The second-order valence-electron chi connectivity index (χ2n) is 6.56. The van der Waals surface area contributed by atoms with E-state index in [1.165, 1.54) is 11.8 Å². The number of hydrogen-bond donors (Lipinski definition) is 3. The molecule has 2 aliphatic rings. The molecule has 0 saturated carbocycles. The van der Waals surface area contributed by atoms with Gasteiger partial charge < -0.3 is 25.4 Å². The number of anilines is 1. The fourth-order valence-electron chi connectivity index (χ4n) is 3.14. The van der Waals surface area contributed by atoms with Crippen LogP contribution in [0.3, 0.4) is 0 Å². The summed E-state index contributed by atoms with van der Waals surface area (Å²) in [6.07, 6.45) is 0.930. The van der Waals surface area contributed by atoms with E-state index >= 15 is 0 Å². The van der Waals surface area contributed by atoms with Crippen LogP contribution in [-0.2, 0) is 4.79 Å². The largest absolute Gasteiger partial charge is 0.454 e. The van der Waals surface area contributed by atoms with Gasteiger partial charge in [-0.25, -0.2) is 0 Å². The van der Waals surface area contributed by atoms with E-state index in [0.717, 1.165) is 24.4 Å². The van der Waals surface area contributed by atoms with Crippen LogP contribution in [0.25, 0.3) is 0 Å². The molecule has 28 heavy (non-hydrogen) atoms. The Balaban J connectivity index is 1.35. The number of nitrogens with one attached hydrogen (secondary N) is 3. The third-order valence-corrected chi connectivity index (χ3v) is 5.62. The first-order chi connectivity index (χ1) is 13.7. The van der Waals surface area contributed by atoms with Gasteiger partial charge in [-0.1, -0.05) is 12.1 Å². The van der Waals surface area contributed by atoms with Crippen LogP contribution in [0, 0.1) is 0 Å². The number of carbonyl (C=O) groups excluding carboxylic acids is 2. The lowest BCUT2D eigenvalue weighted by molar-refractivity contribution is -0.113. The van der Waals surface area contributed by atoms with Gasteiger partial charge in [-0.15, -0.1) is 11.8 Å². The summed E-state index contributed by atoms with van der Waals surface area (Å²) >= 11 is 1.34. The van der Waals surface area contributed by atoms with Gasteiger partial charge in [-0.2, -0.15) is 0 Å². The number of ether oxygens (including phenoxy) is 2. The number of fused-ring (bicyclic) bond motifs is 1. The predicted molar refractivity (Wildman–Crippen MR) is 107 cm³/mol. The number of amides is 2. The predicted octanol–water partition coefficient (Wildman–Crippen LogP) is 2.24. The number of rotatable bonds is 6. The van der Waals surface area contributed by atoms with E-state index in [1.54, 1.807) is 24.3 Å². The van der Waals surface area contributed by atoms with Crippen molar-refractivity contribution in [1.82, 2.24) is 10.6 Å². The Morgan fingerprint density at radius 1 is 1.14 bits per heavy atom. The van der Waals surface area contributed by atoms with Gasteiger partial charge in [0, 0.05) is 29.2 Å². The van der Waals surface area contributed by atoms with E-state index in [9.17, 15) is 9.59 Å². The molecule has 2 amide bonds. The van der Waals surface area contributed by atoms with Gasteiger partial charge in [0.15, 0.2) is 11.5 Å². The lowest BCUT2D eigenvalue weighted by Gasteiger charge is -2.14. The highest BCUT2D eigenvalue weighted by Crippen LogP contribution is 2.34. The number of carbonyl (C=O) groups is 2. The molecule has 1 atom stereocenters. The van der Waals surface area contributed by atoms with Crippen molar-refractivity contribution in [1.29, 1.82) is 0 Å². The fourth-order valence-corrected chi connectivity index (χ4v) is 3.99. The van der Waals surface area contributed by atoms with E-state index in [4.69, 9.17) is 9.47 Å². The van der Waals surface area contributed by atoms with Crippen molar-refractivity contribution in [2.75, 3.05) is 31.0 Å². The average molecular weight is 399 g/mol. The lowest BCUT2D eigenvalue weighted by Crippen LogP contribution is -2.36. The molecule has 3 N–H and O–H groups in total. The van der Waals surface area contributed by atoms with Gasteiger partial charge in [-0.3, -0.25) is 9.59 Å². The second-order valence-corrected chi connectivity index (χ2v) is 7.58. The minimum Gasteiger partial charge on any atom is -0.454 e. The molecule has 0 spiro atoms. The minimum absolute atomic E-state index is 0.104. The number of thioether (sulfide) groups is 1. The summed E-state index contributed by atoms with van der Waals surface area (Å²) in [4.78, 5) is 25.7. The molecule has 2 heterocycles. The van der Waals surface area contributed by atoms with Crippen molar-refractivity contribution >= 4 is 29.3 Å². The molecular formula is C20H21N3O4S. The Morgan fingerprint density at radius 2 is 2.00 bits per heavy atom. The Bertz CT molecular complexity index is 884. The van der Waals surface area contributed by atoms with Crippen molar-refractivity contribution in [2.24, 2.45) is 0 Å². The molecule has 146 valence electrons. The van der Waals surface area contributed by atoms with Crippen LogP contribution in [0.4, 0.5) is 5.69 Å². The van der Waals surface area contributed by atoms with Gasteiger partial charge in [0.1, 0.15) is 0 Å². The van der Waals surface area contributed by atoms with Crippen LogP contribution in [0.5, 0.6) is 11.5 Å². The SMILES string of the molecule is O=C(CSc1ccccc1C(=O)NC1CCNC1)Nc1ccc2c(c1)OCO2. The second kappa shape index (κ2) is 8.53. The zero-order valence-electron chi connectivity index (χ0n) is 15.2. The molecule has 4 rings (SSSR count). The summed E-state index contributed by atoms with van der Waals surface area (Å²) in [5, 5.41) is 9.12. The zero-order valence-corrected chi connectivity index (χ0v) is 16.0. The van der Waals surface area contributed by atoms with E-state index in [-0.39, 0.29) is 30.4 Å². The molecule has 1 unspecified atom stereocenters. The quantitative estimate of drug-likeness (QED) is 0.646. The van der Waals surface area contributed by atoms with Crippen molar-refractivity contribution in [3.05, 3.63) is 48.0 Å². The summed E-state index contributed by atoms with van der Waals surface area (Å²) < 4.78 is 10.6. The molecule has 7 nitrogen and oxygen atoms in total. The highest BCUT2D eigenvalue weighted by molar-refractivity contribution is 8.00. The normalized spacial score (nSPS) is 17.4. The van der Waals surface area contributed by atoms with Crippen molar-refractivity contribution in [3.63, 3.8) is 0 Å². The molecule has 1 saturated heterocycles. The Kier molecular flexibility index (Phi) is 5.68. The lowest BCUT2D eigenvalue weighted by atomic mass is 10.2. The maximum absolute atomic E-state index is 12.6. The maximum Gasteiger partial charge on any atom is 0.252 e. The molecule has 0 radical (unpaired) electrons. The topological polar surface area (TPSA) is 88.7 Å². The van der Waals surface area contributed by atoms with Crippen LogP contribution in [0.1, 0.15) is 16.8 Å². The molecular weight excluding hydrogens is 378 g/mol. The molecule has 0 aromatic heterocycles. The van der Waals surface area contributed by atoms with Crippen LogP contribution in [0.2, 0.25) is 0 Å². The summed E-state index contributed by atoms with van der Waals surface area (Å²) in [6.45, 7) is 1.90. The number of benzene rings is 2. The zero-order chi connectivity index (χ0) is 19.3. The first-order valence-electron chi connectivity index (χ1n) is 9.12. The molecule has 8 heteroatoms. The third kappa shape index (κ3) is 4.40. The van der Waals surface area contributed by atoms with Crippen LogP contribution < -0.4 is 25.4 Å². The van der Waals surface area contributed by atoms with Gasteiger partial charge in [0.2, 0.25) is 12.7 Å². The molecule has 1 fully saturated rings. The monoisotopic (exact) mass is 399 g/mol. The van der Waals surface area contributed by atoms with Gasteiger partial charge in [0.25, 0.3) is 5.91 Å². The van der Waals surface area contributed by atoms with Gasteiger partial charge in [-0.05, 0) is 37.2 Å². The maximum atomic E-state index is 12.6. The molecule has 0 aliphatic carbocycles. The molecule has 2 aromatic carbocycles. The van der Waals surface area contributed by atoms with E-state index in [0.29, 0.717) is 22.7 Å².